The fraction of sp³-hybridized carbons (Fsp3) is 0.400. The zero-order chi connectivity index (χ0) is 13.1. The molecule has 0 saturated carbocycles. The average molecular weight is 244 g/mol. The lowest BCUT2D eigenvalue weighted by Gasteiger charge is -2.24. The van der Waals surface area contributed by atoms with Gasteiger partial charge in [-0.3, -0.25) is 4.79 Å². The molecular weight excluding hydrogens is 224 g/mol. The van der Waals surface area contributed by atoms with E-state index < -0.39 is 0 Å². The summed E-state index contributed by atoms with van der Waals surface area (Å²) >= 11 is 0. The predicted molar refractivity (Wildman–Crippen MR) is 76.0 cm³/mol. The number of likely N-dealkylation sites (N-methyl/N-ethyl adjacent to an activating group) is 1. The van der Waals surface area contributed by atoms with Gasteiger partial charge in [0, 0.05) is 41.7 Å². The van der Waals surface area contributed by atoms with Crippen LogP contribution in [-0.2, 0) is 13.0 Å². The summed E-state index contributed by atoms with van der Waals surface area (Å²) in [6.45, 7) is 5.77. The van der Waals surface area contributed by atoms with E-state index in [1.807, 2.05) is 38.1 Å². The highest BCUT2D eigenvalue weighted by molar-refractivity contribution is 5.79. The summed E-state index contributed by atoms with van der Waals surface area (Å²) in [6, 6.07) is 7.73. The Morgan fingerprint density at radius 1 is 1.22 bits per heavy atom. The molecule has 2 aromatic rings. The number of benzene rings is 1. The molecule has 0 fully saturated rings. The summed E-state index contributed by atoms with van der Waals surface area (Å²) in [4.78, 5) is 17.8. The number of nitrogens with one attached hydrogen (secondary N) is 1. The molecule has 0 aliphatic carbocycles. The van der Waals surface area contributed by atoms with Crippen molar-refractivity contribution >= 4 is 10.9 Å². The van der Waals surface area contributed by atoms with Crippen molar-refractivity contribution in [1.82, 2.24) is 9.88 Å². The Morgan fingerprint density at radius 2 is 1.94 bits per heavy atom. The van der Waals surface area contributed by atoms with Gasteiger partial charge >= 0.3 is 0 Å². The second kappa shape index (κ2) is 5.36. The topological polar surface area (TPSA) is 36.1 Å². The minimum atomic E-state index is 0.191. The van der Waals surface area contributed by atoms with Crippen LogP contribution in [0.3, 0.4) is 0 Å². The Labute approximate surface area is 107 Å². The SMILES string of the molecule is CC.CN1CCc2[nH]c3ccccc3c(=O)c2C1. The zero-order valence-corrected chi connectivity index (χ0v) is 11.3. The number of hydrogen-bond donors (Lipinski definition) is 1. The first-order valence-corrected chi connectivity index (χ1v) is 6.57. The van der Waals surface area contributed by atoms with Crippen LogP contribution in [0.25, 0.3) is 10.9 Å². The normalized spacial score (nSPS) is 14.8. The van der Waals surface area contributed by atoms with Crippen LogP contribution in [0.4, 0.5) is 0 Å². The number of pyridine rings is 1. The second-order valence-electron chi connectivity index (χ2n) is 4.44. The van der Waals surface area contributed by atoms with Crippen LogP contribution in [0.2, 0.25) is 0 Å². The molecular formula is C15H20N2O. The van der Waals surface area contributed by atoms with Gasteiger partial charge in [0.05, 0.1) is 0 Å². The molecule has 0 unspecified atom stereocenters. The zero-order valence-electron chi connectivity index (χ0n) is 11.3. The van der Waals surface area contributed by atoms with Gasteiger partial charge in [-0.05, 0) is 19.2 Å². The van der Waals surface area contributed by atoms with Gasteiger partial charge in [0.2, 0.25) is 0 Å². The van der Waals surface area contributed by atoms with E-state index in [0.717, 1.165) is 41.7 Å². The van der Waals surface area contributed by atoms with E-state index in [4.69, 9.17) is 0 Å². The maximum atomic E-state index is 12.3. The highest BCUT2D eigenvalue weighted by Crippen LogP contribution is 2.16. The summed E-state index contributed by atoms with van der Waals surface area (Å²) < 4.78 is 0. The minimum absolute atomic E-state index is 0.191. The summed E-state index contributed by atoms with van der Waals surface area (Å²) in [5.74, 6) is 0. The maximum absolute atomic E-state index is 12.3. The lowest BCUT2D eigenvalue weighted by molar-refractivity contribution is 0.309. The molecule has 1 aromatic heterocycles. The first-order valence-electron chi connectivity index (χ1n) is 6.57. The molecule has 2 heterocycles. The van der Waals surface area contributed by atoms with Crippen molar-refractivity contribution < 1.29 is 0 Å². The number of para-hydroxylation sites is 1. The van der Waals surface area contributed by atoms with Crippen molar-refractivity contribution in [2.45, 2.75) is 26.8 Å². The number of H-pyrrole nitrogens is 1. The molecule has 1 aliphatic heterocycles. The average Bonchev–Trinajstić information content (AvgIpc) is 2.42. The predicted octanol–water partition coefficient (Wildman–Crippen LogP) is 2.54. The Bertz CT molecular complexity index is 601. The molecule has 1 aromatic carbocycles. The number of aromatic amines is 1. The van der Waals surface area contributed by atoms with Gasteiger partial charge in [-0.15, -0.1) is 0 Å². The van der Waals surface area contributed by atoms with Crippen LogP contribution in [0.15, 0.2) is 29.1 Å². The molecule has 3 nitrogen and oxygen atoms in total. The van der Waals surface area contributed by atoms with Crippen LogP contribution >= 0.6 is 0 Å². The second-order valence-corrected chi connectivity index (χ2v) is 4.44. The van der Waals surface area contributed by atoms with Gasteiger partial charge in [-0.2, -0.15) is 0 Å². The summed E-state index contributed by atoms with van der Waals surface area (Å²) in [5, 5.41) is 0.802. The molecule has 0 amide bonds. The van der Waals surface area contributed by atoms with Gasteiger partial charge in [0.15, 0.2) is 5.43 Å². The van der Waals surface area contributed by atoms with E-state index in [1.54, 1.807) is 0 Å². The largest absolute Gasteiger partial charge is 0.358 e. The highest BCUT2D eigenvalue weighted by Gasteiger charge is 2.17. The molecule has 1 N–H and O–H groups in total. The molecule has 3 rings (SSSR count). The Morgan fingerprint density at radius 3 is 2.72 bits per heavy atom. The third-order valence-corrected chi connectivity index (χ3v) is 3.27. The first-order chi connectivity index (χ1) is 8.75. The number of fused-ring (bicyclic) bond motifs is 2. The van der Waals surface area contributed by atoms with Gasteiger partial charge in [0.1, 0.15) is 0 Å². The quantitative estimate of drug-likeness (QED) is 0.773. The number of aromatic nitrogens is 1. The number of rotatable bonds is 0. The van der Waals surface area contributed by atoms with Crippen molar-refractivity contribution in [2.24, 2.45) is 0 Å². The molecule has 0 spiro atoms. The molecule has 0 saturated heterocycles. The van der Waals surface area contributed by atoms with E-state index in [-0.39, 0.29) is 5.43 Å². The van der Waals surface area contributed by atoms with E-state index in [9.17, 15) is 4.79 Å². The third kappa shape index (κ3) is 2.18. The van der Waals surface area contributed by atoms with Crippen molar-refractivity contribution in [1.29, 1.82) is 0 Å². The van der Waals surface area contributed by atoms with Crippen molar-refractivity contribution in [3.63, 3.8) is 0 Å². The lowest BCUT2D eigenvalue weighted by atomic mass is 10.0. The number of hydrogen-bond acceptors (Lipinski definition) is 2. The standard InChI is InChI=1S/C13H14N2O.C2H6/c1-15-7-6-12-10(8-15)13(16)9-4-2-3-5-11(9)14-12;1-2/h2-5H,6-8H2,1H3,(H,14,16);1-2H3. The van der Waals surface area contributed by atoms with Crippen LogP contribution in [0.5, 0.6) is 0 Å². The molecule has 3 heteroatoms. The van der Waals surface area contributed by atoms with Crippen LogP contribution in [-0.4, -0.2) is 23.5 Å². The summed E-state index contributed by atoms with van der Waals surface area (Å²) in [6.07, 6.45) is 0.936. The van der Waals surface area contributed by atoms with Gasteiger partial charge in [-0.25, -0.2) is 0 Å². The van der Waals surface area contributed by atoms with E-state index in [2.05, 4.69) is 16.9 Å². The minimum Gasteiger partial charge on any atom is -0.358 e. The molecule has 0 bridgehead atoms. The van der Waals surface area contributed by atoms with Gasteiger partial charge in [0.25, 0.3) is 0 Å². The first kappa shape index (κ1) is 12.8. The van der Waals surface area contributed by atoms with E-state index in [1.165, 1.54) is 0 Å². The van der Waals surface area contributed by atoms with Crippen molar-refractivity contribution in [2.75, 3.05) is 13.6 Å². The van der Waals surface area contributed by atoms with Crippen molar-refractivity contribution in [3.05, 3.63) is 45.7 Å². The van der Waals surface area contributed by atoms with Crippen LogP contribution < -0.4 is 5.43 Å². The molecule has 18 heavy (non-hydrogen) atoms. The summed E-state index contributed by atoms with van der Waals surface area (Å²) in [5.41, 5.74) is 3.20. The molecule has 0 atom stereocenters. The van der Waals surface area contributed by atoms with Crippen molar-refractivity contribution in [3.8, 4) is 0 Å². The van der Waals surface area contributed by atoms with Crippen LogP contribution in [0.1, 0.15) is 25.1 Å². The maximum Gasteiger partial charge on any atom is 0.194 e. The Balaban J connectivity index is 0.000000574. The summed E-state index contributed by atoms with van der Waals surface area (Å²) in [7, 11) is 2.05. The Kier molecular flexibility index (Phi) is 3.82. The molecule has 0 radical (unpaired) electrons. The Hall–Kier alpha value is -1.61. The third-order valence-electron chi connectivity index (χ3n) is 3.27. The van der Waals surface area contributed by atoms with Gasteiger partial charge < -0.3 is 9.88 Å². The number of nitrogens with zero attached hydrogens (tertiary/aromatic N) is 1. The smallest absolute Gasteiger partial charge is 0.194 e. The highest BCUT2D eigenvalue weighted by atomic mass is 16.1. The lowest BCUT2D eigenvalue weighted by Crippen LogP contribution is -2.32. The van der Waals surface area contributed by atoms with E-state index >= 15 is 0 Å². The van der Waals surface area contributed by atoms with Crippen LogP contribution in [0, 0.1) is 0 Å². The van der Waals surface area contributed by atoms with Gasteiger partial charge in [-0.1, -0.05) is 26.0 Å². The van der Waals surface area contributed by atoms with E-state index in [0.29, 0.717) is 0 Å². The molecule has 1 aliphatic rings. The monoisotopic (exact) mass is 244 g/mol. The fourth-order valence-corrected chi connectivity index (χ4v) is 2.36. The molecule has 96 valence electrons. The fourth-order valence-electron chi connectivity index (χ4n) is 2.36.